The molecule has 21 heavy (non-hydrogen) atoms. The van der Waals surface area contributed by atoms with Crippen LogP contribution in [0, 0.1) is 5.92 Å². The van der Waals surface area contributed by atoms with Gasteiger partial charge in [-0.3, -0.25) is 10.0 Å². The van der Waals surface area contributed by atoms with Crippen molar-refractivity contribution in [1.82, 2.24) is 0 Å². The van der Waals surface area contributed by atoms with E-state index in [0.29, 0.717) is 11.4 Å². The van der Waals surface area contributed by atoms with Gasteiger partial charge in [0.05, 0.1) is 12.4 Å². The second-order valence-electron chi connectivity index (χ2n) is 4.57. The van der Waals surface area contributed by atoms with Gasteiger partial charge in [-0.05, 0) is 37.1 Å². The number of rotatable bonds is 7. The molecule has 1 aromatic carbocycles. The van der Waals surface area contributed by atoms with Gasteiger partial charge in [-0.25, -0.2) is 13.2 Å². The molecule has 0 aromatic heterocycles. The summed E-state index contributed by atoms with van der Waals surface area (Å²) in [6.07, 6.45) is -0.554. The fourth-order valence-electron chi connectivity index (χ4n) is 1.55. The van der Waals surface area contributed by atoms with Crippen LogP contribution in [0.3, 0.4) is 0 Å². The first-order valence-corrected chi connectivity index (χ1v) is 8.65. The van der Waals surface area contributed by atoms with Crippen molar-refractivity contribution in [3.63, 3.8) is 0 Å². The first-order chi connectivity index (χ1) is 9.86. The van der Waals surface area contributed by atoms with Gasteiger partial charge in [-0.2, -0.15) is 0 Å². The van der Waals surface area contributed by atoms with Crippen molar-refractivity contribution in [2.45, 2.75) is 13.8 Å². The Morgan fingerprint density at radius 3 is 2.38 bits per heavy atom. The van der Waals surface area contributed by atoms with Crippen LogP contribution in [-0.4, -0.2) is 32.8 Å². The van der Waals surface area contributed by atoms with E-state index in [1.807, 2.05) is 0 Å². The van der Waals surface area contributed by atoms with Crippen LogP contribution >= 0.6 is 11.6 Å². The zero-order valence-electron chi connectivity index (χ0n) is 11.9. The molecule has 1 rings (SSSR count). The van der Waals surface area contributed by atoms with Gasteiger partial charge in [-0.15, -0.1) is 11.6 Å². The van der Waals surface area contributed by atoms with Crippen molar-refractivity contribution < 1.29 is 17.9 Å². The maximum Gasteiger partial charge on any atom is 0.411 e. The Bertz CT molecular complexity index is 560. The van der Waals surface area contributed by atoms with Gasteiger partial charge >= 0.3 is 6.09 Å². The molecular weight excluding hydrogens is 316 g/mol. The number of hydrogen-bond donors (Lipinski definition) is 2. The van der Waals surface area contributed by atoms with Crippen LogP contribution in [0.5, 0.6) is 0 Å². The average Bonchev–Trinajstić information content (AvgIpc) is 2.40. The van der Waals surface area contributed by atoms with Crippen LogP contribution in [-0.2, 0) is 14.8 Å². The fraction of sp³-hybridized carbons (Fsp3) is 0.462. The van der Waals surface area contributed by atoms with Crippen molar-refractivity contribution in [3.05, 3.63) is 24.3 Å². The Morgan fingerprint density at radius 1 is 1.29 bits per heavy atom. The van der Waals surface area contributed by atoms with Gasteiger partial charge < -0.3 is 4.74 Å². The Balaban J connectivity index is 2.64. The summed E-state index contributed by atoms with van der Waals surface area (Å²) >= 11 is 5.61. The average molecular weight is 335 g/mol. The molecule has 118 valence electrons. The standard InChI is InChI=1S/C13H19ClN2O4S/c1-3-20-13(17)15-11-4-6-12(7-5-11)16-21(18,19)9-10(2)8-14/h4-7,10,16H,3,8-9H2,1-2H3,(H,15,17). The molecule has 0 aliphatic rings. The van der Waals surface area contributed by atoms with Crippen molar-refractivity contribution in [2.24, 2.45) is 5.92 Å². The summed E-state index contributed by atoms with van der Waals surface area (Å²) in [5.41, 5.74) is 0.941. The quantitative estimate of drug-likeness (QED) is 0.751. The number of amides is 1. The lowest BCUT2D eigenvalue weighted by Gasteiger charge is -2.11. The van der Waals surface area contributed by atoms with Crippen LogP contribution in [0.25, 0.3) is 0 Å². The number of benzene rings is 1. The number of carbonyl (C=O) groups excluding carboxylic acids is 1. The molecular formula is C13H19ClN2O4S. The normalized spacial score (nSPS) is 12.5. The van der Waals surface area contributed by atoms with E-state index in [2.05, 4.69) is 10.0 Å². The van der Waals surface area contributed by atoms with Gasteiger partial charge in [0.25, 0.3) is 0 Å². The lowest BCUT2D eigenvalue weighted by Crippen LogP contribution is -2.22. The van der Waals surface area contributed by atoms with Gasteiger partial charge in [0.2, 0.25) is 10.0 Å². The topological polar surface area (TPSA) is 84.5 Å². The third-order valence-corrected chi connectivity index (χ3v) is 4.53. The molecule has 0 spiro atoms. The van der Waals surface area contributed by atoms with E-state index in [0.717, 1.165) is 0 Å². The second-order valence-corrected chi connectivity index (χ2v) is 6.64. The Labute approximate surface area is 129 Å². The third kappa shape index (κ3) is 6.68. The maximum atomic E-state index is 11.9. The Kier molecular flexibility index (Phi) is 6.77. The van der Waals surface area contributed by atoms with E-state index in [9.17, 15) is 13.2 Å². The van der Waals surface area contributed by atoms with E-state index in [1.54, 1.807) is 38.1 Å². The summed E-state index contributed by atoms with van der Waals surface area (Å²) in [5.74, 6) is 0.108. The lowest BCUT2D eigenvalue weighted by molar-refractivity contribution is 0.168. The van der Waals surface area contributed by atoms with Crippen LogP contribution in [0.4, 0.5) is 16.2 Å². The van der Waals surface area contributed by atoms with Gasteiger partial charge in [0, 0.05) is 17.3 Å². The number of hydrogen-bond acceptors (Lipinski definition) is 4. The highest BCUT2D eigenvalue weighted by Crippen LogP contribution is 2.16. The first-order valence-electron chi connectivity index (χ1n) is 6.46. The molecule has 1 atom stereocenters. The first kappa shape index (κ1) is 17.6. The molecule has 0 bridgehead atoms. The minimum Gasteiger partial charge on any atom is -0.450 e. The SMILES string of the molecule is CCOC(=O)Nc1ccc(NS(=O)(=O)CC(C)CCl)cc1. The monoisotopic (exact) mass is 334 g/mol. The smallest absolute Gasteiger partial charge is 0.411 e. The molecule has 1 aromatic rings. The van der Waals surface area contributed by atoms with E-state index in [4.69, 9.17) is 16.3 Å². The third-order valence-electron chi connectivity index (χ3n) is 2.45. The zero-order chi connectivity index (χ0) is 15.9. The molecule has 0 saturated carbocycles. The van der Waals surface area contributed by atoms with Crippen LogP contribution in [0.1, 0.15) is 13.8 Å². The molecule has 2 N–H and O–H groups in total. The Morgan fingerprint density at radius 2 is 1.86 bits per heavy atom. The van der Waals surface area contributed by atoms with E-state index >= 15 is 0 Å². The van der Waals surface area contributed by atoms with Gasteiger partial charge in [0.1, 0.15) is 0 Å². The van der Waals surface area contributed by atoms with Gasteiger partial charge in [0.15, 0.2) is 0 Å². The van der Waals surface area contributed by atoms with Crippen molar-refractivity contribution in [3.8, 4) is 0 Å². The number of anilines is 2. The molecule has 0 aliphatic carbocycles. The zero-order valence-corrected chi connectivity index (χ0v) is 13.5. The molecule has 0 heterocycles. The summed E-state index contributed by atoms with van der Waals surface area (Å²) in [7, 11) is -3.44. The number of carbonyl (C=O) groups is 1. The van der Waals surface area contributed by atoms with E-state index in [1.165, 1.54) is 0 Å². The molecule has 0 aliphatic heterocycles. The maximum absolute atomic E-state index is 11.9. The minimum absolute atomic E-state index is 0.0423. The molecule has 1 amide bonds. The molecule has 6 nitrogen and oxygen atoms in total. The van der Waals surface area contributed by atoms with Crippen molar-refractivity contribution in [2.75, 3.05) is 28.3 Å². The number of ether oxygens (including phenoxy) is 1. The summed E-state index contributed by atoms with van der Waals surface area (Å²) in [5, 5.41) is 2.52. The van der Waals surface area contributed by atoms with Gasteiger partial charge in [-0.1, -0.05) is 6.92 Å². The van der Waals surface area contributed by atoms with E-state index in [-0.39, 0.29) is 24.2 Å². The highest BCUT2D eigenvalue weighted by atomic mass is 35.5. The summed E-state index contributed by atoms with van der Waals surface area (Å²) in [6, 6.07) is 6.29. The predicted molar refractivity (Wildman–Crippen MR) is 84.4 cm³/mol. The predicted octanol–water partition coefficient (Wildman–Crippen LogP) is 2.87. The number of alkyl halides is 1. The molecule has 8 heteroatoms. The van der Waals surface area contributed by atoms with Crippen molar-refractivity contribution in [1.29, 1.82) is 0 Å². The largest absolute Gasteiger partial charge is 0.450 e. The molecule has 1 unspecified atom stereocenters. The highest BCUT2D eigenvalue weighted by molar-refractivity contribution is 7.92. The fourth-order valence-corrected chi connectivity index (χ4v) is 3.23. The van der Waals surface area contributed by atoms with Crippen LogP contribution < -0.4 is 10.0 Å². The second kappa shape index (κ2) is 8.09. The minimum atomic E-state index is -3.44. The summed E-state index contributed by atoms with van der Waals surface area (Å²) < 4.78 is 30.9. The molecule has 0 fully saturated rings. The van der Waals surface area contributed by atoms with Crippen LogP contribution in [0.2, 0.25) is 0 Å². The van der Waals surface area contributed by atoms with Crippen LogP contribution in [0.15, 0.2) is 24.3 Å². The number of nitrogens with one attached hydrogen (secondary N) is 2. The highest BCUT2D eigenvalue weighted by Gasteiger charge is 2.15. The number of sulfonamides is 1. The summed E-state index contributed by atoms with van der Waals surface area (Å²) in [4.78, 5) is 11.2. The summed E-state index contributed by atoms with van der Waals surface area (Å²) in [6.45, 7) is 3.75. The number of halogens is 1. The Hall–Kier alpha value is -1.47. The molecule has 0 saturated heterocycles. The van der Waals surface area contributed by atoms with Crippen molar-refractivity contribution >= 4 is 39.1 Å². The van der Waals surface area contributed by atoms with E-state index < -0.39 is 16.1 Å². The molecule has 0 radical (unpaired) electrons. The lowest BCUT2D eigenvalue weighted by atomic mass is 10.3.